The second-order valence-corrected chi connectivity index (χ2v) is 6.95. The molecule has 0 unspecified atom stereocenters. The first-order valence-corrected chi connectivity index (χ1v) is 9.48. The Bertz CT molecular complexity index is 1170. The van der Waals surface area contributed by atoms with Crippen molar-refractivity contribution < 1.29 is 13.1 Å². The predicted octanol–water partition coefficient (Wildman–Crippen LogP) is 3.30. The average Bonchev–Trinajstić information content (AvgIpc) is 3.14. The maximum absolute atomic E-state index is 13.5. The number of anilines is 1. The third kappa shape index (κ3) is 4.08. The minimum Gasteiger partial charge on any atom is -0.387 e. The van der Waals surface area contributed by atoms with Crippen molar-refractivity contribution in [1.29, 1.82) is 10.7 Å². The molecule has 0 aliphatic heterocycles. The van der Waals surface area contributed by atoms with Crippen LogP contribution in [0.5, 0.6) is 0 Å². The number of halogens is 2. The highest BCUT2D eigenvalue weighted by Gasteiger charge is 2.21. The number of aromatic nitrogens is 3. The lowest BCUT2D eigenvalue weighted by molar-refractivity contribution is 0.0952. The Kier molecular flexibility index (Phi) is 6.27. The van der Waals surface area contributed by atoms with E-state index in [9.17, 15) is 13.1 Å². The maximum Gasteiger partial charge on any atom is 0.255 e. The van der Waals surface area contributed by atoms with E-state index in [1.54, 1.807) is 14.0 Å². The minimum atomic E-state index is -0.537. The molecule has 0 fully saturated rings. The lowest BCUT2D eigenvalue weighted by Gasteiger charge is -2.10. The molecule has 1 aromatic carbocycles. The van der Waals surface area contributed by atoms with Gasteiger partial charge < -0.3 is 10.6 Å². The number of fused-ring (bicyclic) bond motifs is 1. The highest BCUT2D eigenvalue weighted by molar-refractivity contribution is 7.92. The molecule has 0 saturated carbocycles. The summed E-state index contributed by atoms with van der Waals surface area (Å²) in [5.41, 5.74) is 1.16. The van der Waals surface area contributed by atoms with Crippen LogP contribution in [0.4, 0.5) is 14.0 Å². The molecule has 3 rings (SSSR count). The van der Waals surface area contributed by atoms with Gasteiger partial charge in [-0.15, -0.1) is 3.89 Å². The summed E-state index contributed by atoms with van der Waals surface area (Å²) in [6.45, 7) is 1.77. The van der Waals surface area contributed by atoms with Crippen molar-refractivity contribution in [3.05, 3.63) is 53.2 Å². The lowest BCUT2D eigenvalue weighted by Crippen LogP contribution is -2.27. The molecule has 11 heteroatoms. The van der Waals surface area contributed by atoms with Gasteiger partial charge in [-0.3, -0.25) is 10.2 Å². The summed E-state index contributed by atoms with van der Waals surface area (Å²) in [6.07, 6.45) is 2.55. The number of amides is 1. The van der Waals surface area contributed by atoms with Crippen LogP contribution in [-0.2, 0) is 0 Å². The van der Waals surface area contributed by atoms with E-state index in [4.69, 9.17) is 10.7 Å². The van der Waals surface area contributed by atoms with E-state index in [2.05, 4.69) is 20.6 Å². The molecule has 1 atom stereocenters. The monoisotopic (exact) mass is 429 g/mol. The molecule has 0 radical (unpaired) electrons. The number of hydrogen-bond donors (Lipinski definition) is 3. The van der Waals surface area contributed by atoms with Gasteiger partial charge in [-0.05, 0) is 25.1 Å². The summed E-state index contributed by atoms with van der Waals surface area (Å²) in [5, 5.41) is 22.8. The first kappa shape index (κ1) is 21.2. The van der Waals surface area contributed by atoms with E-state index in [0.717, 1.165) is 3.97 Å². The van der Waals surface area contributed by atoms with Crippen molar-refractivity contribution in [1.82, 2.24) is 19.3 Å². The van der Waals surface area contributed by atoms with Crippen LogP contribution in [0, 0.1) is 28.5 Å². The molecule has 3 aromatic rings. The molecule has 8 nitrogen and oxygen atoms in total. The van der Waals surface area contributed by atoms with Crippen LogP contribution in [0.25, 0.3) is 11.2 Å². The van der Waals surface area contributed by atoms with E-state index in [0.29, 0.717) is 11.3 Å². The smallest absolute Gasteiger partial charge is 0.255 e. The highest BCUT2D eigenvalue weighted by Crippen LogP contribution is 2.25. The van der Waals surface area contributed by atoms with Gasteiger partial charge in [-0.1, -0.05) is 0 Å². The van der Waals surface area contributed by atoms with Gasteiger partial charge in [0.2, 0.25) is 0 Å². The molecular weight excluding hydrogens is 412 g/mol. The Morgan fingerprint density at radius 2 is 2.20 bits per heavy atom. The fraction of sp³-hybridized carbons (Fsp3) is 0.211. The van der Waals surface area contributed by atoms with Gasteiger partial charge >= 0.3 is 0 Å². The quantitative estimate of drug-likeness (QED) is 0.496. The third-order valence-electron chi connectivity index (χ3n) is 4.35. The van der Waals surface area contributed by atoms with Crippen LogP contribution < -0.4 is 10.6 Å². The van der Waals surface area contributed by atoms with Gasteiger partial charge in [0.1, 0.15) is 17.0 Å². The number of carbonyl (C=O) groups is 1. The van der Waals surface area contributed by atoms with Gasteiger partial charge in [0, 0.05) is 31.0 Å². The molecular formula is C19H17F2N7OS. The Morgan fingerprint density at radius 3 is 2.87 bits per heavy atom. The van der Waals surface area contributed by atoms with E-state index < -0.39 is 17.6 Å². The van der Waals surface area contributed by atoms with Crippen LogP contribution in [-0.4, -0.2) is 39.2 Å². The molecule has 0 bridgehead atoms. The van der Waals surface area contributed by atoms with Crippen LogP contribution in [0.1, 0.15) is 28.5 Å². The molecule has 30 heavy (non-hydrogen) atoms. The molecule has 3 N–H and O–H groups in total. The van der Waals surface area contributed by atoms with Crippen molar-refractivity contribution >= 4 is 40.8 Å². The summed E-state index contributed by atoms with van der Waals surface area (Å²) < 4.78 is 27.9. The number of rotatable bonds is 7. The van der Waals surface area contributed by atoms with E-state index >= 15 is 0 Å². The van der Waals surface area contributed by atoms with E-state index in [1.807, 2.05) is 6.07 Å². The summed E-state index contributed by atoms with van der Waals surface area (Å²) in [7, 11) is 1.60. The fourth-order valence-corrected chi connectivity index (χ4v) is 3.11. The summed E-state index contributed by atoms with van der Waals surface area (Å²) in [4.78, 5) is 21.1. The largest absolute Gasteiger partial charge is 0.387 e. The van der Waals surface area contributed by atoms with Gasteiger partial charge in [-0.2, -0.15) is 5.26 Å². The SMILES string of the molecule is CNc1cc(F)ccc1C(=N)c1cnc2c(n1)c(C(=O)NC[C@@H](C)C#N)cn2SF. The number of benzene rings is 1. The average molecular weight is 429 g/mol. The van der Waals surface area contributed by atoms with Crippen molar-refractivity contribution in [3.8, 4) is 6.07 Å². The van der Waals surface area contributed by atoms with Gasteiger partial charge in [-0.25, -0.2) is 18.3 Å². The number of nitrogens with one attached hydrogen (secondary N) is 3. The first-order chi connectivity index (χ1) is 14.4. The first-order valence-electron chi connectivity index (χ1n) is 8.81. The van der Waals surface area contributed by atoms with E-state index in [-0.39, 0.29) is 47.0 Å². The number of nitriles is 1. The van der Waals surface area contributed by atoms with Crippen LogP contribution in [0.3, 0.4) is 0 Å². The lowest BCUT2D eigenvalue weighted by atomic mass is 10.1. The Morgan fingerprint density at radius 1 is 1.43 bits per heavy atom. The Balaban J connectivity index is 2.03. The summed E-state index contributed by atoms with van der Waals surface area (Å²) >= 11 is -0.140. The second-order valence-electron chi connectivity index (χ2n) is 6.42. The van der Waals surface area contributed by atoms with Crippen LogP contribution in [0.15, 0.2) is 30.6 Å². The predicted molar refractivity (Wildman–Crippen MR) is 111 cm³/mol. The summed E-state index contributed by atoms with van der Waals surface area (Å²) in [5.74, 6) is -1.39. The van der Waals surface area contributed by atoms with Crippen molar-refractivity contribution in [2.45, 2.75) is 6.92 Å². The molecule has 2 aromatic heterocycles. The Labute approximate surface area is 175 Å². The molecule has 1 amide bonds. The van der Waals surface area contributed by atoms with E-state index in [1.165, 1.54) is 30.6 Å². The maximum atomic E-state index is 13.5. The van der Waals surface area contributed by atoms with Crippen molar-refractivity contribution in [2.24, 2.45) is 5.92 Å². The standard InChI is InChI=1S/C19H17F2N7OS/c1-10(6-22)7-26-19(29)13-9-28(30-21)18-17(13)27-15(8-25-18)16(23)12-4-3-11(20)5-14(12)24-2/h3-5,8-10,23-24H,7H2,1-2H3,(H,26,29)/t10-/m0/s1. The zero-order chi connectivity index (χ0) is 21.8. The zero-order valence-corrected chi connectivity index (χ0v) is 16.8. The fourth-order valence-electron chi connectivity index (χ4n) is 2.77. The normalized spacial score (nSPS) is 11.7. The third-order valence-corrected chi connectivity index (χ3v) is 4.78. The molecule has 0 spiro atoms. The molecule has 0 aliphatic carbocycles. The molecule has 0 aliphatic rings. The van der Waals surface area contributed by atoms with Crippen molar-refractivity contribution in [2.75, 3.05) is 18.9 Å². The zero-order valence-electron chi connectivity index (χ0n) is 16.0. The number of hydrogen-bond acceptors (Lipinski definition) is 7. The molecule has 0 saturated heterocycles. The van der Waals surface area contributed by atoms with Crippen LogP contribution in [0.2, 0.25) is 0 Å². The second kappa shape index (κ2) is 8.87. The van der Waals surface area contributed by atoms with Crippen molar-refractivity contribution in [3.63, 3.8) is 0 Å². The summed E-state index contributed by atoms with van der Waals surface area (Å²) in [6, 6.07) is 5.92. The number of carbonyl (C=O) groups excluding carboxylic acids is 1. The van der Waals surface area contributed by atoms with Gasteiger partial charge in [0.05, 0.1) is 29.5 Å². The molecule has 2 heterocycles. The number of nitrogens with zero attached hydrogens (tertiary/aromatic N) is 4. The highest BCUT2D eigenvalue weighted by atomic mass is 32.2. The minimum absolute atomic E-state index is 0.0427. The van der Waals surface area contributed by atoms with Crippen LogP contribution >= 0.6 is 12.3 Å². The van der Waals surface area contributed by atoms with Gasteiger partial charge in [0.15, 0.2) is 18.0 Å². The van der Waals surface area contributed by atoms with Gasteiger partial charge in [0.25, 0.3) is 5.91 Å². The Hall–Kier alpha value is -3.52. The molecule has 154 valence electrons. The topological polar surface area (TPSA) is 119 Å².